The van der Waals surface area contributed by atoms with Gasteiger partial charge in [0, 0.05) is 17.8 Å². The van der Waals surface area contributed by atoms with Crippen LogP contribution >= 0.6 is 0 Å². The van der Waals surface area contributed by atoms with Gasteiger partial charge in [-0.25, -0.2) is 0 Å². The number of nitrogens with one attached hydrogen (secondary N) is 2. The Morgan fingerprint density at radius 2 is 2.00 bits per heavy atom. The number of anilines is 1. The zero-order valence-corrected chi connectivity index (χ0v) is 12.1. The number of carbonyl (C=O) groups excluding carboxylic acids is 1. The highest BCUT2D eigenvalue weighted by Gasteiger charge is 2.13. The Kier molecular flexibility index (Phi) is 4.31. The van der Waals surface area contributed by atoms with Gasteiger partial charge >= 0.3 is 0 Å². The van der Waals surface area contributed by atoms with Gasteiger partial charge in [-0.15, -0.1) is 0 Å². The molecule has 0 atom stereocenters. The molecule has 1 aliphatic rings. The van der Waals surface area contributed by atoms with Crippen molar-refractivity contribution in [3.05, 3.63) is 65.2 Å². The molecule has 2 aromatic rings. The highest BCUT2D eigenvalue weighted by Crippen LogP contribution is 2.23. The maximum Gasteiger partial charge on any atom is 0.176 e. The highest BCUT2D eigenvalue weighted by atomic mass is 16.1. The van der Waals surface area contributed by atoms with Crippen molar-refractivity contribution in [1.82, 2.24) is 5.32 Å². The molecule has 0 fully saturated rings. The summed E-state index contributed by atoms with van der Waals surface area (Å²) in [6, 6.07) is 16.3. The van der Waals surface area contributed by atoms with Crippen molar-refractivity contribution in [3.8, 4) is 0 Å². The SMILES string of the molecule is O=C(CNCCc1ccccc1)c1ccc2c(c1)CCN2. The number of rotatable bonds is 6. The molecular formula is C18H20N2O. The molecule has 0 bridgehead atoms. The Morgan fingerprint density at radius 3 is 2.86 bits per heavy atom. The molecule has 3 rings (SSSR count). The fourth-order valence-corrected chi connectivity index (χ4v) is 2.66. The van der Waals surface area contributed by atoms with Crippen molar-refractivity contribution < 1.29 is 4.79 Å². The van der Waals surface area contributed by atoms with Crippen LogP contribution in [-0.4, -0.2) is 25.4 Å². The Balaban J connectivity index is 1.48. The third-order valence-corrected chi connectivity index (χ3v) is 3.86. The summed E-state index contributed by atoms with van der Waals surface area (Å²) in [4.78, 5) is 12.2. The molecule has 0 amide bonds. The molecule has 0 aromatic heterocycles. The van der Waals surface area contributed by atoms with Gasteiger partial charge in [0.05, 0.1) is 6.54 Å². The zero-order chi connectivity index (χ0) is 14.5. The molecule has 1 aliphatic heterocycles. The molecule has 2 aromatic carbocycles. The first-order valence-corrected chi connectivity index (χ1v) is 7.47. The number of hydrogen-bond donors (Lipinski definition) is 2. The molecule has 1 heterocycles. The second kappa shape index (κ2) is 6.55. The topological polar surface area (TPSA) is 41.1 Å². The third-order valence-electron chi connectivity index (χ3n) is 3.86. The number of fused-ring (bicyclic) bond motifs is 1. The number of hydrogen-bond acceptors (Lipinski definition) is 3. The summed E-state index contributed by atoms with van der Waals surface area (Å²) in [7, 11) is 0. The molecule has 0 spiro atoms. The summed E-state index contributed by atoms with van der Waals surface area (Å²) in [5.41, 5.74) is 4.53. The normalized spacial score (nSPS) is 12.8. The monoisotopic (exact) mass is 280 g/mol. The minimum absolute atomic E-state index is 0.165. The van der Waals surface area contributed by atoms with Crippen LogP contribution in [0.3, 0.4) is 0 Å². The molecule has 3 nitrogen and oxygen atoms in total. The van der Waals surface area contributed by atoms with Gasteiger partial charge in [0.1, 0.15) is 0 Å². The summed E-state index contributed by atoms with van der Waals surface area (Å²) in [6.45, 7) is 2.20. The summed E-state index contributed by atoms with van der Waals surface area (Å²) in [6.07, 6.45) is 1.96. The first kappa shape index (κ1) is 13.8. The zero-order valence-electron chi connectivity index (χ0n) is 12.1. The Morgan fingerprint density at radius 1 is 1.14 bits per heavy atom. The van der Waals surface area contributed by atoms with Gasteiger partial charge in [0.15, 0.2) is 5.78 Å². The number of benzene rings is 2. The predicted molar refractivity (Wildman–Crippen MR) is 86.0 cm³/mol. The average Bonchev–Trinajstić information content (AvgIpc) is 3.00. The van der Waals surface area contributed by atoms with Gasteiger partial charge in [-0.05, 0) is 48.7 Å². The van der Waals surface area contributed by atoms with Crippen molar-refractivity contribution in [1.29, 1.82) is 0 Å². The van der Waals surface area contributed by atoms with E-state index in [1.165, 1.54) is 16.8 Å². The van der Waals surface area contributed by atoms with Crippen LogP contribution in [0, 0.1) is 0 Å². The molecule has 0 unspecified atom stereocenters. The fraction of sp³-hybridized carbons (Fsp3) is 0.278. The minimum Gasteiger partial charge on any atom is -0.384 e. The summed E-state index contributed by atoms with van der Waals surface area (Å²) >= 11 is 0. The van der Waals surface area contributed by atoms with E-state index < -0.39 is 0 Å². The molecule has 108 valence electrons. The van der Waals surface area contributed by atoms with Gasteiger partial charge in [-0.1, -0.05) is 30.3 Å². The van der Waals surface area contributed by atoms with E-state index in [1.54, 1.807) is 0 Å². The lowest BCUT2D eigenvalue weighted by Crippen LogP contribution is -2.25. The third kappa shape index (κ3) is 3.50. The predicted octanol–water partition coefficient (Wildman–Crippen LogP) is 2.67. The average molecular weight is 280 g/mol. The maximum atomic E-state index is 12.2. The standard InChI is InChI=1S/C18H20N2O/c21-18(13-19-10-8-14-4-2-1-3-5-14)16-6-7-17-15(12-16)9-11-20-17/h1-7,12,19-20H,8-11,13H2. The first-order valence-electron chi connectivity index (χ1n) is 7.47. The van der Waals surface area contributed by atoms with E-state index in [2.05, 4.69) is 22.8 Å². The molecule has 0 saturated carbocycles. The molecule has 21 heavy (non-hydrogen) atoms. The smallest absolute Gasteiger partial charge is 0.176 e. The molecule has 0 aliphatic carbocycles. The second-order valence-electron chi connectivity index (χ2n) is 5.38. The van der Waals surface area contributed by atoms with E-state index >= 15 is 0 Å². The van der Waals surface area contributed by atoms with Crippen LogP contribution in [0.1, 0.15) is 21.5 Å². The number of carbonyl (C=O) groups is 1. The highest BCUT2D eigenvalue weighted by molar-refractivity contribution is 5.98. The van der Waals surface area contributed by atoms with Crippen molar-refractivity contribution in [2.75, 3.05) is 25.0 Å². The van der Waals surface area contributed by atoms with Crippen LogP contribution in [0.25, 0.3) is 0 Å². The Bertz CT molecular complexity index is 622. The molecule has 0 radical (unpaired) electrons. The first-order chi connectivity index (χ1) is 10.3. The van der Waals surface area contributed by atoms with Crippen LogP contribution in [-0.2, 0) is 12.8 Å². The Hall–Kier alpha value is -2.13. The van der Waals surface area contributed by atoms with Crippen LogP contribution in [0.2, 0.25) is 0 Å². The summed E-state index contributed by atoms with van der Waals surface area (Å²) in [5, 5.41) is 6.54. The van der Waals surface area contributed by atoms with Gasteiger partial charge in [-0.2, -0.15) is 0 Å². The lowest BCUT2D eigenvalue weighted by Gasteiger charge is -2.06. The number of Topliss-reactive ketones (excluding diaryl/α,β-unsaturated/α-hetero) is 1. The second-order valence-corrected chi connectivity index (χ2v) is 5.38. The lowest BCUT2D eigenvalue weighted by atomic mass is 10.1. The fourth-order valence-electron chi connectivity index (χ4n) is 2.66. The molecule has 0 saturated heterocycles. The van der Waals surface area contributed by atoms with Crippen molar-refractivity contribution in [3.63, 3.8) is 0 Å². The van der Waals surface area contributed by atoms with Crippen LogP contribution in [0.5, 0.6) is 0 Å². The van der Waals surface area contributed by atoms with Gasteiger partial charge in [0.25, 0.3) is 0 Å². The largest absolute Gasteiger partial charge is 0.384 e. The van der Waals surface area contributed by atoms with Crippen molar-refractivity contribution >= 4 is 11.5 Å². The van der Waals surface area contributed by atoms with E-state index in [0.717, 1.165) is 31.5 Å². The summed E-state index contributed by atoms with van der Waals surface area (Å²) in [5.74, 6) is 0.165. The van der Waals surface area contributed by atoms with E-state index in [4.69, 9.17) is 0 Å². The van der Waals surface area contributed by atoms with Crippen molar-refractivity contribution in [2.24, 2.45) is 0 Å². The quantitative estimate of drug-likeness (QED) is 0.631. The molecular weight excluding hydrogens is 260 g/mol. The van der Waals surface area contributed by atoms with Crippen LogP contribution in [0.15, 0.2) is 48.5 Å². The van der Waals surface area contributed by atoms with Gasteiger partial charge in [0.2, 0.25) is 0 Å². The van der Waals surface area contributed by atoms with Crippen LogP contribution in [0.4, 0.5) is 5.69 Å². The van der Waals surface area contributed by atoms with E-state index in [-0.39, 0.29) is 5.78 Å². The van der Waals surface area contributed by atoms with E-state index in [0.29, 0.717) is 6.54 Å². The van der Waals surface area contributed by atoms with Gasteiger partial charge in [-0.3, -0.25) is 4.79 Å². The summed E-state index contributed by atoms with van der Waals surface area (Å²) < 4.78 is 0. The van der Waals surface area contributed by atoms with Gasteiger partial charge < -0.3 is 10.6 Å². The van der Waals surface area contributed by atoms with Crippen LogP contribution < -0.4 is 10.6 Å². The maximum absolute atomic E-state index is 12.2. The molecule has 3 heteroatoms. The van der Waals surface area contributed by atoms with E-state index in [1.807, 2.05) is 36.4 Å². The minimum atomic E-state index is 0.165. The lowest BCUT2D eigenvalue weighted by molar-refractivity contribution is 0.0991. The van der Waals surface area contributed by atoms with Crippen molar-refractivity contribution in [2.45, 2.75) is 12.8 Å². The van der Waals surface area contributed by atoms with E-state index in [9.17, 15) is 4.79 Å². The Labute approximate surface area is 125 Å². The number of ketones is 1. The molecule has 2 N–H and O–H groups in total.